The highest BCUT2D eigenvalue weighted by Crippen LogP contribution is 2.24. The molecular weight excluding hydrogens is 268 g/mol. The molecule has 0 saturated carbocycles. The second kappa shape index (κ2) is 6.01. The highest BCUT2D eigenvalue weighted by Gasteiger charge is 2.32. The van der Waals surface area contributed by atoms with Crippen LogP contribution >= 0.6 is 11.3 Å². The Labute approximate surface area is 115 Å². The Kier molecular flexibility index (Phi) is 4.88. The van der Waals surface area contributed by atoms with Gasteiger partial charge in [-0.05, 0) is 32.2 Å². The van der Waals surface area contributed by atoms with E-state index in [-0.39, 0.29) is 0 Å². The Bertz CT molecular complexity index is 439. The maximum Gasteiger partial charge on any atom is 0.408 e. The fourth-order valence-electron chi connectivity index (χ4n) is 1.45. The molecule has 7 heteroatoms. The standard InChI is InChI=1S/C12H18N2O4S/c1-8(14(16)17)10(9-6-5-7-19-9)13-11(15)18-12(2,3)4/h5-8,10H,1-4H3,(H,13,15)/t8-,10+/m0/s1. The van der Waals surface area contributed by atoms with Crippen molar-refractivity contribution in [2.24, 2.45) is 0 Å². The van der Waals surface area contributed by atoms with E-state index >= 15 is 0 Å². The minimum absolute atomic E-state index is 0.415. The number of nitro groups is 1. The number of nitrogens with one attached hydrogen (secondary N) is 1. The molecular formula is C12H18N2O4S. The molecule has 0 saturated heterocycles. The first-order valence-electron chi connectivity index (χ1n) is 5.87. The minimum atomic E-state index is -0.925. The minimum Gasteiger partial charge on any atom is -0.444 e. The molecule has 1 aromatic heterocycles. The summed E-state index contributed by atoms with van der Waals surface area (Å²) in [5, 5.41) is 15.3. The molecule has 0 fully saturated rings. The van der Waals surface area contributed by atoms with Crippen molar-refractivity contribution < 1.29 is 14.5 Å². The lowest BCUT2D eigenvalue weighted by molar-refractivity contribution is -0.523. The molecule has 106 valence electrons. The van der Waals surface area contributed by atoms with E-state index in [1.54, 1.807) is 32.9 Å². The van der Waals surface area contributed by atoms with E-state index in [4.69, 9.17) is 4.74 Å². The summed E-state index contributed by atoms with van der Waals surface area (Å²) in [6.07, 6.45) is -0.653. The van der Waals surface area contributed by atoms with Gasteiger partial charge in [-0.2, -0.15) is 0 Å². The van der Waals surface area contributed by atoms with Crippen LogP contribution in [-0.4, -0.2) is 22.7 Å². The van der Waals surface area contributed by atoms with Crippen LogP contribution in [0.3, 0.4) is 0 Å². The van der Waals surface area contributed by atoms with E-state index in [9.17, 15) is 14.9 Å². The SMILES string of the molecule is C[C@@H]([C@@H](NC(=O)OC(C)(C)C)c1cccs1)[N+](=O)[O-]. The van der Waals surface area contributed by atoms with E-state index in [0.29, 0.717) is 0 Å². The van der Waals surface area contributed by atoms with Gasteiger partial charge < -0.3 is 10.1 Å². The Morgan fingerprint density at radius 1 is 1.53 bits per heavy atom. The van der Waals surface area contributed by atoms with Gasteiger partial charge in [0.05, 0.1) is 0 Å². The molecule has 0 spiro atoms. The molecule has 0 unspecified atom stereocenters. The summed E-state index contributed by atoms with van der Waals surface area (Å²) in [7, 11) is 0. The number of alkyl carbamates (subject to hydrolysis) is 1. The molecule has 1 heterocycles. The molecule has 6 nitrogen and oxygen atoms in total. The summed E-state index contributed by atoms with van der Waals surface area (Å²) in [4.78, 5) is 23.0. The summed E-state index contributed by atoms with van der Waals surface area (Å²) in [5.74, 6) is 0. The van der Waals surface area contributed by atoms with Gasteiger partial charge in [-0.25, -0.2) is 4.79 Å². The Morgan fingerprint density at radius 2 is 2.16 bits per heavy atom. The first-order valence-corrected chi connectivity index (χ1v) is 6.75. The van der Waals surface area contributed by atoms with Gasteiger partial charge in [0.25, 0.3) is 0 Å². The van der Waals surface area contributed by atoms with Gasteiger partial charge in [0, 0.05) is 16.7 Å². The Hall–Kier alpha value is -1.63. The lowest BCUT2D eigenvalue weighted by Gasteiger charge is -2.23. The monoisotopic (exact) mass is 286 g/mol. The van der Waals surface area contributed by atoms with Crippen LogP contribution in [0.15, 0.2) is 17.5 Å². The maximum atomic E-state index is 11.7. The van der Waals surface area contributed by atoms with Crippen LogP contribution < -0.4 is 5.32 Å². The van der Waals surface area contributed by atoms with Gasteiger partial charge in [0.15, 0.2) is 0 Å². The lowest BCUT2D eigenvalue weighted by atomic mass is 10.1. The second-order valence-electron chi connectivity index (χ2n) is 5.17. The summed E-state index contributed by atoms with van der Waals surface area (Å²) in [6, 6.07) is 1.93. The number of rotatable bonds is 4. The van der Waals surface area contributed by atoms with Crippen LogP contribution in [0.2, 0.25) is 0 Å². The summed E-state index contributed by atoms with van der Waals surface area (Å²) in [6.45, 7) is 6.68. The van der Waals surface area contributed by atoms with Gasteiger partial charge in [0.1, 0.15) is 11.6 Å². The van der Waals surface area contributed by atoms with Gasteiger partial charge in [-0.3, -0.25) is 10.1 Å². The first kappa shape index (κ1) is 15.4. The third-order valence-electron chi connectivity index (χ3n) is 2.34. The third-order valence-corrected chi connectivity index (χ3v) is 3.29. The number of hydrogen-bond acceptors (Lipinski definition) is 5. The summed E-state index contributed by atoms with van der Waals surface area (Å²) >= 11 is 1.36. The van der Waals surface area contributed by atoms with Crippen LogP contribution in [-0.2, 0) is 4.74 Å². The number of carbonyl (C=O) groups is 1. The van der Waals surface area contributed by atoms with E-state index < -0.39 is 28.7 Å². The van der Waals surface area contributed by atoms with Crippen molar-refractivity contribution in [3.05, 3.63) is 32.5 Å². The third kappa shape index (κ3) is 4.86. The van der Waals surface area contributed by atoms with E-state index in [1.807, 2.05) is 5.38 Å². The molecule has 1 rings (SSSR count). The Morgan fingerprint density at radius 3 is 2.58 bits per heavy atom. The number of ether oxygens (including phenoxy) is 1. The zero-order chi connectivity index (χ0) is 14.6. The maximum absolute atomic E-state index is 11.7. The van der Waals surface area contributed by atoms with Crippen molar-refractivity contribution in [1.29, 1.82) is 0 Å². The number of nitrogens with zero attached hydrogens (tertiary/aromatic N) is 1. The Balaban J connectivity index is 2.82. The average Bonchev–Trinajstić information content (AvgIpc) is 2.75. The van der Waals surface area contributed by atoms with Crippen molar-refractivity contribution in [2.45, 2.75) is 45.4 Å². The van der Waals surface area contributed by atoms with E-state index in [1.165, 1.54) is 18.3 Å². The fraction of sp³-hybridized carbons (Fsp3) is 0.583. The number of carbonyl (C=O) groups excluding carboxylic acids is 1. The summed E-state index contributed by atoms with van der Waals surface area (Å²) in [5.41, 5.74) is -0.637. The molecule has 2 atom stereocenters. The topological polar surface area (TPSA) is 81.5 Å². The molecule has 0 bridgehead atoms. The normalized spacial score (nSPS) is 14.5. The largest absolute Gasteiger partial charge is 0.444 e. The van der Waals surface area contributed by atoms with Crippen LogP contribution in [0.4, 0.5) is 4.79 Å². The predicted molar refractivity (Wildman–Crippen MR) is 72.9 cm³/mol. The molecule has 0 aromatic carbocycles. The molecule has 0 radical (unpaired) electrons. The van der Waals surface area contributed by atoms with E-state index in [0.717, 1.165) is 4.88 Å². The van der Waals surface area contributed by atoms with Crippen molar-refractivity contribution >= 4 is 17.4 Å². The molecule has 1 amide bonds. The van der Waals surface area contributed by atoms with Crippen LogP contribution in [0.1, 0.15) is 38.6 Å². The number of hydrogen-bond donors (Lipinski definition) is 1. The van der Waals surface area contributed by atoms with Crippen LogP contribution in [0.25, 0.3) is 0 Å². The van der Waals surface area contributed by atoms with Crippen molar-refractivity contribution in [2.75, 3.05) is 0 Å². The highest BCUT2D eigenvalue weighted by molar-refractivity contribution is 7.10. The molecule has 0 aliphatic carbocycles. The molecule has 1 aromatic rings. The number of thiophene rings is 1. The van der Waals surface area contributed by atoms with Gasteiger partial charge in [-0.1, -0.05) is 6.07 Å². The smallest absolute Gasteiger partial charge is 0.408 e. The van der Waals surface area contributed by atoms with Gasteiger partial charge in [-0.15, -0.1) is 11.3 Å². The summed E-state index contributed by atoms with van der Waals surface area (Å²) < 4.78 is 5.13. The molecule has 1 N–H and O–H groups in total. The van der Waals surface area contributed by atoms with Gasteiger partial charge >= 0.3 is 6.09 Å². The molecule has 0 aliphatic heterocycles. The molecule has 19 heavy (non-hydrogen) atoms. The first-order chi connectivity index (χ1) is 8.70. The van der Waals surface area contributed by atoms with Crippen LogP contribution in [0.5, 0.6) is 0 Å². The van der Waals surface area contributed by atoms with Crippen molar-refractivity contribution in [1.82, 2.24) is 5.32 Å². The average molecular weight is 286 g/mol. The van der Waals surface area contributed by atoms with Crippen molar-refractivity contribution in [3.8, 4) is 0 Å². The number of amides is 1. The zero-order valence-electron chi connectivity index (χ0n) is 11.4. The van der Waals surface area contributed by atoms with Gasteiger partial charge in [0.2, 0.25) is 6.04 Å². The fourth-order valence-corrected chi connectivity index (χ4v) is 2.33. The van der Waals surface area contributed by atoms with Crippen molar-refractivity contribution in [3.63, 3.8) is 0 Å². The molecule has 0 aliphatic rings. The van der Waals surface area contributed by atoms with Crippen LogP contribution in [0, 0.1) is 10.1 Å². The second-order valence-corrected chi connectivity index (χ2v) is 6.14. The quantitative estimate of drug-likeness (QED) is 0.681. The lowest BCUT2D eigenvalue weighted by Crippen LogP contribution is -2.40. The highest BCUT2D eigenvalue weighted by atomic mass is 32.1. The predicted octanol–water partition coefficient (Wildman–Crippen LogP) is 2.98. The van der Waals surface area contributed by atoms with E-state index in [2.05, 4.69) is 5.32 Å². The zero-order valence-corrected chi connectivity index (χ0v) is 12.2.